The number of rotatable bonds is 9. The molecular formula is C44H50ClN9O6. The number of hydrogen-bond acceptors (Lipinski definition) is 12. The number of primary amides is 1. The number of halogens is 1. The molecule has 1 aliphatic carbocycles. The second kappa shape index (κ2) is 15.8. The summed E-state index contributed by atoms with van der Waals surface area (Å²) in [5.41, 5.74) is 5.96. The van der Waals surface area contributed by atoms with Crippen LogP contribution in [-0.4, -0.2) is 118 Å². The highest BCUT2D eigenvalue weighted by molar-refractivity contribution is 6.31. The number of nitrogens with zero attached hydrogens (tertiary/aromatic N) is 8. The van der Waals surface area contributed by atoms with E-state index in [1.165, 1.54) is 17.3 Å². The van der Waals surface area contributed by atoms with Crippen molar-refractivity contribution in [3.63, 3.8) is 0 Å². The summed E-state index contributed by atoms with van der Waals surface area (Å²) < 4.78 is 6.40. The summed E-state index contributed by atoms with van der Waals surface area (Å²) in [5, 5.41) is 9.55. The molecule has 5 heterocycles. The lowest BCUT2D eigenvalue weighted by molar-refractivity contribution is -0.216. The number of amides is 5. The van der Waals surface area contributed by atoms with Crippen molar-refractivity contribution in [2.45, 2.75) is 78.0 Å². The topological polar surface area (TPSA) is 186 Å². The van der Waals surface area contributed by atoms with Crippen LogP contribution >= 0.6 is 11.6 Å². The summed E-state index contributed by atoms with van der Waals surface area (Å²) in [6.45, 7) is 13.8. The van der Waals surface area contributed by atoms with Crippen LogP contribution < -0.4 is 20.3 Å². The minimum Gasteiger partial charge on any atom is -0.489 e. The van der Waals surface area contributed by atoms with Gasteiger partial charge >= 0.3 is 0 Å². The van der Waals surface area contributed by atoms with E-state index in [4.69, 9.17) is 22.1 Å². The second-order valence-corrected chi connectivity index (χ2v) is 18.3. The molecule has 8 rings (SSSR count). The van der Waals surface area contributed by atoms with Crippen LogP contribution in [0.2, 0.25) is 5.02 Å². The van der Waals surface area contributed by atoms with Crippen molar-refractivity contribution in [3.8, 4) is 11.8 Å². The molecule has 3 aromatic rings. The van der Waals surface area contributed by atoms with Crippen LogP contribution in [-0.2, 0) is 9.59 Å². The molecule has 1 unspecified atom stereocenters. The van der Waals surface area contributed by atoms with E-state index in [1.807, 2.05) is 39.8 Å². The molecule has 16 heteroatoms. The number of nitriles is 1. The Kier molecular flexibility index (Phi) is 10.8. The maximum absolute atomic E-state index is 14.4. The molecule has 60 heavy (non-hydrogen) atoms. The summed E-state index contributed by atoms with van der Waals surface area (Å²) in [6, 6.07) is 10.6. The van der Waals surface area contributed by atoms with Crippen molar-refractivity contribution in [1.82, 2.24) is 24.7 Å². The van der Waals surface area contributed by atoms with Gasteiger partial charge in [-0.15, -0.1) is 0 Å². The van der Waals surface area contributed by atoms with Gasteiger partial charge in [0.25, 0.3) is 23.6 Å². The number of carbonyl (C=O) groups is 5. The van der Waals surface area contributed by atoms with Gasteiger partial charge in [-0.1, -0.05) is 39.3 Å². The molecule has 5 amide bonds. The number of nitrogens with two attached hydrogens (primary N) is 1. The van der Waals surface area contributed by atoms with Crippen molar-refractivity contribution in [2.24, 2.45) is 22.5 Å². The molecule has 3 saturated heterocycles. The number of fused-ring (bicyclic) bond motifs is 1. The first-order chi connectivity index (χ1) is 28.6. The Hall–Kier alpha value is -5.59. The quantitative estimate of drug-likeness (QED) is 0.298. The predicted molar refractivity (Wildman–Crippen MR) is 223 cm³/mol. The summed E-state index contributed by atoms with van der Waals surface area (Å²) in [4.78, 5) is 85.4. The van der Waals surface area contributed by atoms with E-state index in [1.54, 1.807) is 30.3 Å². The third kappa shape index (κ3) is 7.23. The van der Waals surface area contributed by atoms with Crippen molar-refractivity contribution in [3.05, 3.63) is 76.1 Å². The SMILES string of the molecule is CC1(C)C(Oc2ccc(C#N)c(Cl)c2)C(C)(C)C1N1C(=O)CCC(N2C(=O)c3ccc(N4CCC(CN5CCCN(c6ncc(C(N)=O)cn6)CC5)CC4)cc3C2=O)C1=O. The Morgan fingerprint density at radius 1 is 0.867 bits per heavy atom. The first-order valence-corrected chi connectivity index (χ1v) is 21.1. The third-order valence-electron chi connectivity index (χ3n) is 13.3. The average molecular weight is 836 g/mol. The van der Waals surface area contributed by atoms with Crippen molar-refractivity contribution >= 4 is 52.8 Å². The van der Waals surface area contributed by atoms with E-state index >= 15 is 0 Å². The number of benzene rings is 2. The highest BCUT2D eigenvalue weighted by atomic mass is 35.5. The largest absolute Gasteiger partial charge is 0.489 e. The summed E-state index contributed by atoms with van der Waals surface area (Å²) in [6.07, 6.45) is 5.53. The zero-order valence-corrected chi connectivity index (χ0v) is 35.2. The van der Waals surface area contributed by atoms with E-state index in [0.29, 0.717) is 28.7 Å². The lowest BCUT2D eigenvalue weighted by Gasteiger charge is -2.65. The molecule has 0 radical (unpaired) electrons. The van der Waals surface area contributed by atoms with E-state index in [2.05, 4.69) is 24.7 Å². The lowest BCUT2D eigenvalue weighted by atomic mass is 9.48. The molecule has 5 aliphatic rings. The molecule has 4 aliphatic heterocycles. The van der Waals surface area contributed by atoms with Crippen LogP contribution in [0.15, 0.2) is 48.8 Å². The van der Waals surface area contributed by atoms with Gasteiger partial charge in [0.1, 0.15) is 24.0 Å². The second-order valence-electron chi connectivity index (χ2n) is 17.9. The zero-order chi connectivity index (χ0) is 42.7. The molecule has 1 atom stereocenters. The maximum Gasteiger partial charge on any atom is 0.262 e. The minimum atomic E-state index is -1.11. The number of hydrogen-bond donors (Lipinski definition) is 1. The standard InChI is InChI=1S/C44H50ClN9O6/c1-43(2)40(44(3,4)41(43)60-30-8-6-27(22-46)33(45)21-30)54-35(55)11-10-34(39(54)59)53-37(57)31-9-7-29(20-32(31)38(53)58)51-16-12-26(13-17-51)25-50-14-5-15-52(19-18-50)42-48-23-28(24-49-42)36(47)56/h6-9,20-21,23-24,26,34,40-41H,5,10-19,25H2,1-4H3,(H2,47,56). The molecule has 0 bridgehead atoms. The fraction of sp³-hybridized carbons (Fsp3) is 0.500. The van der Waals surface area contributed by atoms with Crippen LogP contribution in [0.3, 0.4) is 0 Å². The summed E-state index contributed by atoms with van der Waals surface area (Å²) in [5.74, 6) is -0.905. The predicted octanol–water partition coefficient (Wildman–Crippen LogP) is 4.53. The maximum atomic E-state index is 14.4. The van der Waals surface area contributed by atoms with Gasteiger partial charge in [-0.2, -0.15) is 5.26 Å². The van der Waals surface area contributed by atoms with Gasteiger partial charge in [0.05, 0.1) is 33.3 Å². The van der Waals surface area contributed by atoms with Crippen LogP contribution in [0.5, 0.6) is 5.75 Å². The molecule has 15 nitrogen and oxygen atoms in total. The number of aromatic nitrogens is 2. The first kappa shape index (κ1) is 41.2. The van der Waals surface area contributed by atoms with E-state index in [-0.39, 0.29) is 34.9 Å². The Bertz CT molecular complexity index is 2270. The number of anilines is 2. The van der Waals surface area contributed by atoms with Crippen molar-refractivity contribution in [2.75, 3.05) is 55.6 Å². The van der Waals surface area contributed by atoms with E-state index in [0.717, 1.165) is 75.7 Å². The van der Waals surface area contributed by atoms with Gasteiger partial charge in [-0.05, 0) is 68.5 Å². The Morgan fingerprint density at radius 2 is 1.57 bits per heavy atom. The fourth-order valence-corrected chi connectivity index (χ4v) is 10.8. The molecule has 2 N–H and O–H groups in total. The molecule has 2 aromatic carbocycles. The van der Waals surface area contributed by atoms with Crippen molar-refractivity contribution in [1.29, 1.82) is 5.26 Å². The van der Waals surface area contributed by atoms with Crippen LogP contribution in [0.4, 0.5) is 11.6 Å². The summed E-state index contributed by atoms with van der Waals surface area (Å²) >= 11 is 6.28. The normalized spacial score (nSPS) is 24.5. The number of imide groups is 2. The molecule has 0 spiro atoms. The van der Waals surface area contributed by atoms with Crippen LogP contribution in [0.1, 0.15) is 96.4 Å². The molecule has 1 aromatic heterocycles. The van der Waals surface area contributed by atoms with Gasteiger partial charge in [-0.3, -0.25) is 33.8 Å². The molecular weight excluding hydrogens is 786 g/mol. The summed E-state index contributed by atoms with van der Waals surface area (Å²) in [7, 11) is 0. The number of likely N-dealkylation sites (tertiary alicyclic amines) is 1. The number of carbonyl (C=O) groups excluding carboxylic acids is 5. The average Bonchev–Trinajstić information content (AvgIpc) is 3.33. The molecule has 314 valence electrons. The van der Waals surface area contributed by atoms with Gasteiger partial charge in [-0.25, -0.2) is 9.97 Å². The van der Waals surface area contributed by atoms with E-state index in [9.17, 15) is 29.2 Å². The van der Waals surface area contributed by atoms with Gasteiger partial charge < -0.3 is 25.2 Å². The van der Waals surface area contributed by atoms with Crippen LogP contribution in [0.25, 0.3) is 0 Å². The van der Waals surface area contributed by atoms with Gasteiger partial charge in [0.2, 0.25) is 11.9 Å². The lowest BCUT2D eigenvalue weighted by Crippen LogP contribution is -2.77. The highest BCUT2D eigenvalue weighted by Gasteiger charge is 2.68. The van der Waals surface area contributed by atoms with E-state index < -0.39 is 52.6 Å². The fourth-order valence-electron chi connectivity index (χ4n) is 10.6. The van der Waals surface area contributed by atoms with Gasteiger partial charge in [0.15, 0.2) is 0 Å². The Morgan fingerprint density at radius 3 is 2.23 bits per heavy atom. The Balaban J connectivity index is 0.890. The molecule has 1 saturated carbocycles. The smallest absolute Gasteiger partial charge is 0.262 e. The molecule has 4 fully saturated rings. The number of ether oxygens (including phenoxy) is 1. The van der Waals surface area contributed by atoms with Gasteiger partial charge in [0, 0.05) is 80.7 Å². The highest BCUT2D eigenvalue weighted by Crippen LogP contribution is 2.58. The third-order valence-corrected chi connectivity index (χ3v) is 13.6. The monoisotopic (exact) mass is 835 g/mol. The minimum absolute atomic E-state index is 0.0136. The first-order valence-electron chi connectivity index (χ1n) is 20.7. The zero-order valence-electron chi connectivity index (χ0n) is 34.4. The van der Waals surface area contributed by atoms with Crippen molar-refractivity contribution < 1.29 is 28.7 Å². The Labute approximate surface area is 354 Å². The number of piperidine rings is 2. The van der Waals surface area contributed by atoms with Crippen LogP contribution in [0, 0.1) is 28.1 Å².